The van der Waals surface area contributed by atoms with Crippen LogP contribution >= 0.6 is 11.8 Å². The van der Waals surface area contributed by atoms with Gasteiger partial charge in [0.1, 0.15) is 0 Å². The van der Waals surface area contributed by atoms with Crippen LogP contribution < -0.4 is 5.32 Å². The summed E-state index contributed by atoms with van der Waals surface area (Å²) >= 11 is 1.77. The summed E-state index contributed by atoms with van der Waals surface area (Å²) < 4.78 is 22.5. The Morgan fingerprint density at radius 3 is 2.33 bits per heavy atom. The van der Waals surface area contributed by atoms with Crippen molar-refractivity contribution in [3.8, 4) is 0 Å². The largest absolute Gasteiger partial charge is 0.352 e. The first kappa shape index (κ1) is 18.5. The highest BCUT2D eigenvalue weighted by Gasteiger charge is 2.07. The van der Waals surface area contributed by atoms with Gasteiger partial charge in [0, 0.05) is 23.3 Å². The van der Waals surface area contributed by atoms with Crippen LogP contribution in [0.4, 0.5) is 0 Å². The maximum absolute atomic E-state index is 12.0. The van der Waals surface area contributed by atoms with Gasteiger partial charge < -0.3 is 5.32 Å². The van der Waals surface area contributed by atoms with Crippen LogP contribution in [0, 0.1) is 0 Å². The Kier molecular flexibility index (Phi) is 6.87. The second-order valence-electron chi connectivity index (χ2n) is 5.54. The van der Waals surface area contributed by atoms with Gasteiger partial charge in [0.25, 0.3) is 5.91 Å². The number of amides is 1. The number of rotatable bonds is 8. The third kappa shape index (κ3) is 6.76. The molecule has 24 heavy (non-hydrogen) atoms. The minimum atomic E-state index is -3.06. The molecule has 2 aromatic rings. The number of benzene rings is 2. The standard InChI is InChI=1S/C18H21NO3S2/c1-24(21,22)14-15-8-10-16(11-9-15)18(20)19-12-5-13-23-17-6-3-2-4-7-17/h2-4,6-11H,5,12-14H2,1H3,(H,19,20). The van der Waals surface area contributed by atoms with Crippen LogP contribution in [0.5, 0.6) is 0 Å². The van der Waals surface area contributed by atoms with Gasteiger partial charge in [-0.2, -0.15) is 0 Å². The Balaban J connectivity index is 1.72. The first-order chi connectivity index (χ1) is 11.4. The summed E-state index contributed by atoms with van der Waals surface area (Å²) in [6.45, 7) is 0.615. The molecular weight excluding hydrogens is 342 g/mol. The minimum absolute atomic E-state index is 0.00833. The summed E-state index contributed by atoms with van der Waals surface area (Å²) in [5, 5.41) is 2.88. The number of thioether (sulfide) groups is 1. The fourth-order valence-corrected chi connectivity index (χ4v) is 3.81. The van der Waals surface area contributed by atoms with E-state index in [4.69, 9.17) is 0 Å². The van der Waals surface area contributed by atoms with Crippen LogP contribution in [0.25, 0.3) is 0 Å². The molecule has 4 nitrogen and oxygen atoms in total. The van der Waals surface area contributed by atoms with Crippen LogP contribution in [0.2, 0.25) is 0 Å². The van der Waals surface area contributed by atoms with E-state index in [9.17, 15) is 13.2 Å². The zero-order valence-electron chi connectivity index (χ0n) is 13.6. The molecule has 0 radical (unpaired) electrons. The van der Waals surface area contributed by atoms with Crippen LogP contribution in [0.1, 0.15) is 22.3 Å². The van der Waals surface area contributed by atoms with E-state index in [0.29, 0.717) is 17.7 Å². The minimum Gasteiger partial charge on any atom is -0.352 e. The molecule has 0 saturated heterocycles. The smallest absolute Gasteiger partial charge is 0.251 e. The van der Waals surface area contributed by atoms with E-state index in [2.05, 4.69) is 17.4 Å². The third-order valence-electron chi connectivity index (χ3n) is 3.26. The topological polar surface area (TPSA) is 63.2 Å². The molecule has 0 atom stereocenters. The third-order valence-corrected chi connectivity index (χ3v) is 5.22. The highest BCUT2D eigenvalue weighted by molar-refractivity contribution is 7.99. The molecule has 128 valence electrons. The maximum atomic E-state index is 12.0. The van der Waals surface area contributed by atoms with Gasteiger partial charge >= 0.3 is 0 Å². The molecule has 0 bridgehead atoms. The molecule has 6 heteroatoms. The Bertz CT molecular complexity index is 757. The average molecular weight is 364 g/mol. The fraction of sp³-hybridized carbons (Fsp3) is 0.278. The lowest BCUT2D eigenvalue weighted by atomic mass is 10.1. The summed E-state index contributed by atoms with van der Waals surface area (Å²) in [6, 6.07) is 16.8. The first-order valence-electron chi connectivity index (χ1n) is 7.67. The van der Waals surface area contributed by atoms with Crippen molar-refractivity contribution in [3.63, 3.8) is 0 Å². The van der Waals surface area contributed by atoms with E-state index in [0.717, 1.165) is 12.2 Å². The van der Waals surface area contributed by atoms with E-state index < -0.39 is 9.84 Å². The number of nitrogens with one attached hydrogen (secondary N) is 1. The molecular formula is C18H21NO3S2. The summed E-state index contributed by atoms with van der Waals surface area (Å²) in [7, 11) is -3.06. The number of hydrogen-bond acceptors (Lipinski definition) is 4. The lowest BCUT2D eigenvalue weighted by Crippen LogP contribution is -2.24. The monoisotopic (exact) mass is 363 g/mol. The van der Waals surface area contributed by atoms with Gasteiger partial charge in [0.2, 0.25) is 0 Å². The second kappa shape index (κ2) is 8.89. The Morgan fingerprint density at radius 2 is 1.71 bits per heavy atom. The number of carbonyl (C=O) groups is 1. The van der Waals surface area contributed by atoms with Crippen molar-refractivity contribution in [2.24, 2.45) is 0 Å². The average Bonchev–Trinajstić information content (AvgIpc) is 2.54. The molecule has 2 rings (SSSR count). The molecule has 0 aromatic heterocycles. The van der Waals surface area contributed by atoms with E-state index in [1.165, 1.54) is 11.2 Å². The molecule has 1 amide bonds. The molecule has 0 spiro atoms. The highest BCUT2D eigenvalue weighted by atomic mass is 32.2. The molecule has 0 unspecified atom stereocenters. The van der Waals surface area contributed by atoms with Crippen molar-refractivity contribution in [2.75, 3.05) is 18.6 Å². The van der Waals surface area contributed by atoms with Crippen molar-refractivity contribution in [2.45, 2.75) is 17.1 Å². The van der Waals surface area contributed by atoms with E-state index in [-0.39, 0.29) is 11.7 Å². The molecule has 0 heterocycles. The predicted molar refractivity (Wildman–Crippen MR) is 99.1 cm³/mol. The van der Waals surface area contributed by atoms with Crippen LogP contribution in [-0.4, -0.2) is 32.9 Å². The van der Waals surface area contributed by atoms with Gasteiger partial charge in [-0.1, -0.05) is 30.3 Å². The summed E-state index contributed by atoms with van der Waals surface area (Å²) in [5.41, 5.74) is 1.23. The normalized spacial score (nSPS) is 11.2. The highest BCUT2D eigenvalue weighted by Crippen LogP contribution is 2.17. The number of carbonyl (C=O) groups excluding carboxylic acids is 1. The molecule has 0 fully saturated rings. The van der Waals surface area contributed by atoms with Crippen molar-refractivity contribution < 1.29 is 13.2 Å². The van der Waals surface area contributed by atoms with Crippen LogP contribution in [-0.2, 0) is 15.6 Å². The van der Waals surface area contributed by atoms with Crippen molar-refractivity contribution >= 4 is 27.5 Å². The fourth-order valence-electron chi connectivity index (χ4n) is 2.14. The molecule has 0 aliphatic heterocycles. The van der Waals surface area contributed by atoms with Crippen LogP contribution in [0.3, 0.4) is 0 Å². The zero-order chi connectivity index (χ0) is 17.4. The van der Waals surface area contributed by atoms with Crippen molar-refractivity contribution in [1.29, 1.82) is 0 Å². The molecule has 1 N–H and O–H groups in total. The second-order valence-corrected chi connectivity index (χ2v) is 8.85. The molecule has 0 aliphatic carbocycles. The predicted octanol–water partition coefficient (Wildman–Crippen LogP) is 3.14. The van der Waals surface area contributed by atoms with E-state index >= 15 is 0 Å². The molecule has 2 aromatic carbocycles. The zero-order valence-corrected chi connectivity index (χ0v) is 15.2. The van der Waals surface area contributed by atoms with Crippen LogP contribution in [0.15, 0.2) is 59.5 Å². The van der Waals surface area contributed by atoms with Gasteiger partial charge in [-0.3, -0.25) is 4.79 Å². The quantitative estimate of drug-likeness (QED) is 0.578. The molecule has 0 saturated carbocycles. The van der Waals surface area contributed by atoms with Gasteiger partial charge in [-0.05, 0) is 42.0 Å². The number of sulfone groups is 1. The van der Waals surface area contributed by atoms with E-state index in [1.807, 2.05) is 18.2 Å². The lowest BCUT2D eigenvalue weighted by Gasteiger charge is -2.06. The summed E-state index contributed by atoms with van der Waals surface area (Å²) in [4.78, 5) is 13.3. The summed E-state index contributed by atoms with van der Waals surface area (Å²) in [6.07, 6.45) is 2.08. The Labute approximate surface area is 147 Å². The lowest BCUT2D eigenvalue weighted by molar-refractivity contribution is 0.0954. The Hall–Kier alpha value is -1.79. The number of hydrogen-bond donors (Lipinski definition) is 1. The maximum Gasteiger partial charge on any atom is 0.251 e. The Morgan fingerprint density at radius 1 is 1.04 bits per heavy atom. The van der Waals surface area contributed by atoms with Gasteiger partial charge in [0.05, 0.1) is 5.75 Å². The van der Waals surface area contributed by atoms with Gasteiger partial charge in [-0.15, -0.1) is 11.8 Å². The SMILES string of the molecule is CS(=O)(=O)Cc1ccc(C(=O)NCCCSc2ccccc2)cc1. The van der Waals surface area contributed by atoms with E-state index in [1.54, 1.807) is 36.0 Å². The van der Waals surface area contributed by atoms with Gasteiger partial charge in [-0.25, -0.2) is 8.42 Å². The van der Waals surface area contributed by atoms with Crippen molar-refractivity contribution in [3.05, 3.63) is 65.7 Å². The summed E-state index contributed by atoms with van der Waals surface area (Å²) in [5.74, 6) is 0.800. The first-order valence-corrected chi connectivity index (χ1v) is 10.7. The molecule has 0 aliphatic rings. The van der Waals surface area contributed by atoms with Crippen molar-refractivity contribution in [1.82, 2.24) is 5.32 Å². The van der Waals surface area contributed by atoms with Gasteiger partial charge in [0.15, 0.2) is 9.84 Å².